The summed E-state index contributed by atoms with van der Waals surface area (Å²) in [5.74, 6) is 1.34. The molecule has 0 radical (unpaired) electrons. The second kappa shape index (κ2) is 9.70. The second-order valence-corrected chi connectivity index (χ2v) is 3.33. The molecule has 0 aliphatic rings. The lowest BCUT2D eigenvalue weighted by Gasteiger charge is -2.07. The van der Waals surface area contributed by atoms with Crippen molar-refractivity contribution < 1.29 is 4.74 Å². The van der Waals surface area contributed by atoms with Gasteiger partial charge in [-0.05, 0) is 11.8 Å². The Bertz CT molecular complexity index is 59.3. The van der Waals surface area contributed by atoms with Gasteiger partial charge in [-0.3, -0.25) is 0 Å². The van der Waals surface area contributed by atoms with E-state index in [1.165, 1.54) is 0 Å². The first-order chi connectivity index (χ1) is 5.13. The van der Waals surface area contributed by atoms with E-state index in [2.05, 4.69) is 40.9 Å². The third-order valence-corrected chi connectivity index (χ3v) is 0.902. The molecule has 1 heteroatoms. The normalized spacial score (nSPS) is 9.64. The summed E-state index contributed by atoms with van der Waals surface area (Å²) in [7, 11) is 0. The van der Waals surface area contributed by atoms with Crippen molar-refractivity contribution >= 4 is 0 Å². The molecule has 0 aromatic carbocycles. The summed E-state index contributed by atoms with van der Waals surface area (Å²) in [5.41, 5.74) is 0. The summed E-state index contributed by atoms with van der Waals surface area (Å²) < 4.78 is 5.36. The van der Waals surface area contributed by atoms with E-state index in [0.29, 0.717) is 11.8 Å². The van der Waals surface area contributed by atoms with Crippen molar-refractivity contribution in [3.8, 4) is 0 Å². The Hall–Kier alpha value is -0.300. The van der Waals surface area contributed by atoms with Crippen LogP contribution in [0.1, 0.15) is 27.7 Å². The zero-order valence-electron chi connectivity index (χ0n) is 8.39. The average Bonchev–Trinajstić information content (AvgIpc) is 1.90. The Kier molecular flexibility index (Phi) is 11.7. The molecule has 0 aliphatic carbocycles. The monoisotopic (exact) mass is 158 g/mol. The number of ether oxygens (including phenoxy) is 1. The molecule has 0 unspecified atom stereocenters. The molecule has 0 N–H and O–H groups in total. The van der Waals surface area contributed by atoms with Crippen LogP contribution < -0.4 is 0 Å². The van der Waals surface area contributed by atoms with Gasteiger partial charge in [0, 0.05) is 13.2 Å². The van der Waals surface area contributed by atoms with Crippen LogP contribution in [-0.2, 0) is 4.74 Å². The number of hydrogen-bond donors (Lipinski definition) is 0. The van der Waals surface area contributed by atoms with E-state index >= 15 is 0 Å². The van der Waals surface area contributed by atoms with Crippen molar-refractivity contribution in [1.82, 2.24) is 0 Å². The van der Waals surface area contributed by atoms with Gasteiger partial charge in [0.2, 0.25) is 0 Å². The van der Waals surface area contributed by atoms with Gasteiger partial charge in [-0.1, -0.05) is 27.7 Å². The predicted molar refractivity (Wildman–Crippen MR) is 51.7 cm³/mol. The third kappa shape index (κ3) is 17.7. The van der Waals surface area contributed by atoms with Gasteiger partial charge in [-0.2, -0.15) is 0 Å². The molecule has 0 saturated carbocycles. The molecule has 0 aromatic heterocycles. The van der Waals surface area contributed by atoms with E-state index in [9.17, 15) is 0 Å². The van der Waals surface area contributed by atoms with Crippen LogP contribution in [0.5, 0.6) is 0 Å². The zero-order valence-corrected chi connectivity index (χ0v) is 8.39. The van der Waals surface area contributed by atoms with Gasteiger partial charge in [0.25, 0.3) is 0 Å². The third-order valence-electron chi connectivity index (χ3n) is 0.902. The molecule has 0 amide bonds. The van der Waals surface area contributed by atoms with Crippen molar-refractivity contribution in [3.05, 3.63) is 13.2 Å². The molecule has 0 spiro atoms. The number of rotatable bonds is 4. The van der Waals surface area contributed by atoms with E-state index < -0.39 is 0 Å². The molecular weight excluding hydrogens is 136 g/mol. The van der Waals surface area contributed by atoms with Crippen molar-refractivity contribution in [2.75, 3.05) is 13.2 Å². The maximum Gasteiger partial charge on any atom is 0.0489 e. The molecule has 1 nitrogen and oxygen atoms in total. The summed E-state index contributed by atoms with van der Waals surface area (Å²) in [6, 6.07) is 0. The first kappa shape index (κ1) is 13.3. The minimum absolute atomic E-state index is 0.670. The maximum atomic E-state index is 5.36. The van der Waals surface area contributed by atoms with Crippen molar-refractivity contribution in [1.29, 1.82) is 0 Å². The molecular formula is C10H22O. The number of hydrogen-bond acceptors (Lipinski definition) is 1. The fourth-order valence-electron chi connectivity index (χ4n) is 0.539. The van der Waals surface area contributed by atoms with E-state index in [1.54, 1.807) is 0 Å². The highest BCUT2D eigenvalue weighted by molar-refractivity contribution is 4.42. The molecule has 0 aliphatic heterocycles. The van der Waals surface area contributed by atoms with Gasteiger partial charge in [-0.15, -0.1) is 13.2 Å². The van der Waals surface area contributed by atoms with Crippen LogP contribution >= 0.6 is 0 Å². The Balaban J connectivity index is 0. The largest absolute Gasteiger partial charge is 0.381 e. The van der Waals surface area contributed by atoms with Gasteiger partial charge in [-0.25, -0.2) is 0 Å². The minimum atomic E-state index is 0.670. The van der Waals surface area contributed by atoms with Crippen molar-refractivity contribution in [2.45, 2.75) is 27.7 Å². The SMILES string of the molecule is C=C.CC(C)COCC(C)C. The first-order valence-corrected chi connectivity index (χ1v) is 4.20. The van der Waals surface area contributed by atoms with Crippen LogP contribution in [0.25, 0.3) is 0 Å². The van der Waals surface area contributed by atoms with Crippen molar-refractivity contribution in [2.24, 2.45) is 11.8 Å². The fourth-order valence-corrected chi connectivity index (χ4v) is 0.539. The molecule has 0 saturated heterocycles. The Morgan fingerprint density at radius 1 is 0.909 bits per heavy atom. The van der Waals surface area contributed by atoms with Crippen LogP contribution in [0.15, 0.2) is 13.2 Å². The molecule has 0 heterocycles. The smallest absolute Gasteiger partial charge is 0.0489 e. The topological polar surface area (TPSA) is 9.23 Å². The predicted octanol–water partition coefficient (Wildman–Crippen LogP) is 3.12. The Morgan fingerprint density at radius 2 is 1.18 bits per heavy atom. The molecule has 0 fully saturated rings. The Morgan fingerprint density at radius 3 is 1.36 bits per heavy atom. The lowest BCUT2D eigenvalue weighted by atomic mass is 10.2. The highest BCUT2D eigenvalue weighted by Crippen LogP contribution is 1.96. The van der Waals surface area contributed by atoms with E-state index in [1.807, 2.05) is 0 Å². The first-order valence-electron chi connectivity index (χ1n) is 4.20. The van der Waals surface area contributed by atoms with Gasteiger partial charge in [0.15, 0.2) is 0 Å². The summed E-state index contributed by atoms with van der Waals surface area (Å²) >= 11 is 0. The quantitative estimate of drug-likeness (QED) is 0.571. The van der Waals surface area contributed by atoms with Crippen LogP contribution in [0, 0.1) is 11.8 Å². The molecule has 0 aromatic rings. The minimum Gasteiger partial charge on any atom is -0.381 e. The molecule has 0 rings (SSSR count). The van der Waals surface area contributed by atoms with E-state index in [4.69, 9.17) is 4.74 Å². The summed E-state index contributed by atoms with van der Waals surface area (Å²) in [5, 5.41) is 0. The van der Waals surface area contributed by atoms with Crippen LogP contribution in [0.2, 0.25) is 0 Å². The van der Waals surface area contributed by atoms with E-state index in [0.717, 1.165) is 13.2 Å². The van der Waals surface area contributed by atoms with E-state index in [-0.39, 0.29) is 0 Å². The zero-order chi connectivity index (χ0) is 9.28. The molecule has 0 atom stereocenters. The van der Waals surface area contributed by atoms with Gasteiger partial charge < -0.3 is 4.74 Å². The van der Waals surface area contributed by atoms with Crippen LogP contribution in [0.3, 0.4) is 0 Å². The summed E-state index contributed by atoms with van der Waals surface area (Å²) in [6.07, 6.45) is 0. The highest BCUT2D eigenvalue weighted by Gasteiger charge is 1.95. The summed E-state index contributed by atoms with van der Waals surface area (Å²) in [6.45, 7) is 16.5. The standard InChI is InChI=1S/C8H18O.C2H4/c1-7(2)5-9-6-8(3)4;1-2/h7-8H,5-6H2,1-4H3;1-2H2. The lowest BCUT2D eigenvalue weighted by Crippen LogP contribution is -2.06. The van der Waals surface area contributed by atoms with Crippen LogP contribution in [0.4, 0.5) is 0 Å². The van der Waals surface area contributed by atoms with Crippen LogP contribution in [-0.4, -0.2) is 13.2 Å². The van der Waals surface area contributed by atoms with Gasteiger partial charge in [0.05, 0.1) is 0 Å². The van der Waals surface area contributed by atoms with Crippen molar-refractivity contribution in [3.63, 3.8) is 0 Å². The summed E-state index contributed by atoms with van der Waals surface area (Å²) in [4.78, 5) is 0. The highest BCUT2D eigenvalue weighted by atomic mass is 16.5. The maximum absolute atomic E-state index is 5.36. The fraction of sp³-hybridized carbons (Fsp3) is 0.800. The molecule has 68 valence electrons. The Labute approximate surface area is 71.5 Å². The van der Waals surface area contributed by atoms with Gasteiger partial charge >= 0.3 is 0 Å². The second-order valence-electron chi connectivity index (χ2n) is 3.33. The molecule has 0 bridgehead atoms. The van der Waals surface area contributed by atoms with Gasteiger partial charge in [0.1, 0.15) is 0 Å². The molecule has 11 heavy (non-hydrogen) atoms. The average molecular weight is 158 g/mol. The lowest BCUT2D eigenvalue weighted by molar-refractivity contribution is 0.0886.